The van der Waals surface area contributed by atoms with Gasteiger partial charge in [-0.05, 0) is 6.92 Å². The van der Waals surface area contributed by atoms with E-state index in [2.05, 4.69) is 17.9 Å². The highest BCUT2D eigenvalue weighted by Crippen LogP contribution is 1.96. The molecule has 4 heteroatoms. The van der Waals surface area contributed by atoms with Gasteiger partial charge in [-0.15, -0.1) is 0 Å². The number of nitrogens with zero attached hydrogens (tertiary/aromatic N) is 1. The third-order valence-electron chi connectivity index (χ3n) is 0.598. The third kappa shape index (κ3) is 11.5. The lowest BCUT2D eigenvalue weighted by Crippen LogP contribution is -1.97. The van der Waals surface area contributed by atoms with Crippen LogP contribution in [0.5, 0.6) is 0 Å². The molecular formula is C8H10ClNO2. The molecule has 0 aromatic carbocycles. The van der Waals surface area contributed by atoms with Crippen LogP contribution in [0.1, 0.15) is 6.92 Å². The fourth-order valence-corrected chi connectivity index (χ4v) is 0.188. The van der Waals surface area contributed by atoms with Crippen LogP contribution in [0.3, 0.4) is 0 Å². The summed E-state index contributed by atoms with van der Waals surface area (Å²) in [4.78, 5) is 10.1. The molecule has 0 spiro atoms. The van der Waals surface area contributed by atoms with Gasteiger partial charge in [0.25, 0.3) is 0 Å². The molecule has 0 saturated carbocycles. The van der Waals surface area contributed by atoms with Gasteiger partial charge >= 0.3 is 5.97 Å². The van der Waals surface area contributed by atoms with Gasteiger partial charge in [0.1, 0.15) is 5.03 Å². The standard InChI is InChI=1S/C4H5ClO2.C4H5N/c1-3(5)4(6)7-2;1-4(2)3-5/h1H2,2H3;1H2,2H3. The van der Waals surface area contributed by atoms with E-state index in [-0.39, 0.29) is 5.03 Å². The fourth-order valence-electron chi connectivity index (χ4n) is 0.111. The number of allylic oxidation sites excluding steroid dienone is 1. The van der Waals surface area contributed by atoms with E-state index in [1.165, 1.54) is 7.11 Å². The van der Waals surface area contributed by atoms with Crippen LogP contribution in [0.25, 0.3) is 0 Å². The molecule has 12 heavy (non-hydrogen) atoms. The summed E-state index contributed by atoms with van der Waals surface area (Å²) >= 11 is 5.06. The largest absolute Gasteiger partial charge is 0.465 e. The maximum Gasteiger partial charge on any atom is 0.348 e. The number of carbonyl (C=O) groups is 1. The molecule has 0 heterocycles. The predicted molar refractivity (Wildman–Crippen MR) is 47.4 cm³/mol. The van der Waals surface area contributed by atoms with E-state index in [1.807, 2.05) is 6.07 Å². The predicted octanol–water partition coefficient (Wildman–Crippen LogP) is 2.00. The van der Waals surface area contributed by atoms with Crippen LogP contribution in [-0.4, -0.2) is 13.1 Å². The van der Waals surface area contributed by atoms with Crippen molar-refractivity contribution in [1.82, 2.24) is 0 Å². The molecule has 0 saturated heterocycles. The number of methoxy groups -OCH3 is 1. The minimum absolute atomic E-state index is 0.0949. The van der Waals surface area contributed by atoms with Gasteiger partial charge in [-0.1, -0.05) is 24.8 Å². The normalized spacial score (nSPS) is 6.83. The lowest BCUT2D eigenvalue weighted by molar-refractivity contribution is -0.135. The highest BCUT2D eigenvalue weighted by Gasteiger charge is 1.98. The number of rotatable bonds is 1. The minimum atomic E-state index is -0.582. The third-order valence-corrected chi connectivity index (χ3v) is 0.752. The zero-order valence-corrected chi connectivity index (χ0v) is 7.81. The summed E-state index contributed by atoms with van der Waals surface area (Å²) in [7, 11) is 1.25. The summed E-state index contributed by atoms with van der Waals surface area (Å²) in [6.07, 6.45) is 0. The molecule has 0 N–H and O–H groups in total. The molecule has 0 aliphatic rings. The summed E-state index contributed by atoms with van der Waals surface area (Å²) in [5, 5.41) is 7.70. The van der Waals surface area contributed by atoms with Crippen LogP contribution in [0, 0.1) is 11.3 Å². The molecule has 0 aromatic heterocycles. The van der Waals surface area contributed by atoms with E-state index in [0.717, 1.165) is 0 Å². The van der Waals surface area contributed by atoms with Crippen molar-refractivity contribution in [3.05, 3.63) is 23.8 Å². The van der Waals surface area contributed by atoms with Gasteiger partial charge in [0.05, 0.1) is 13.2 Å². The van der Waals surface area contributed by atoms with Crippen molar-refractivity contribution < 1.29 is 9.53 Å². The van der Waals surface area contributed by atoms with Crippen LogP contribution < -0.4 is 0 Å². The molecule has 0 atom stereocenters. The molecule has 0 fully saturated rings. The molecule has 0 bridgehead atoms. The molecule has 3 nitrogen and oxygen atoms in total. The summed E-state index contributed by atoms with van der Waals surface area (Å²) < 4.78 is 4.14. The minimum Gasteiger partial charge on any atom is -0.465 e. The highest BCUT2D eigenvalue weighted by molar-refractivity contribution is 6.40. The Hall–Kier alpha value is -1.27. The van der Waals surface area contributed by atoms with E-state index in [0.29, 0.717) is 5.57 Å². The lowest BCUT2D eigenvalue weighted by Gasteiger charge is -1.89. The Kier molecular flexibility index (Phi) is 8.70. The number of halogens is 1. The van der Waals surface area contributed by atoms with Crippen LogP contribution in [0.4, 0.5) is 0 Å². The number of carbonyl (C=O) groups excluding carboxylic acids is 1. The topological polar surface area (TPSA) is 50.1 Å². The number of hydrogen-bond acceptors (Lipinski definition) is 3. The summed E-state index contributed by atoms with van der Waals surface area (Å²) in [6, 6.07) is 1.83. The average molecular weight is 188 g/mol. The number of ether oxygens (including phenoxy) is 1. The Morgan fingerprint density at radius 3 is 1.92 bits per heavy atom. The fraction of sp³-hybridized carbons (Fsp3) is 0.250. The van der Waals surface area contributed by atoms with Crippen LogP contribution in [0.2, 0.25) is 0 Å². The van der Waals surface area contributed by atoms with Crippen molar-refractivity contribution >= 4 is 17.6 Å². The van der Waals surface area contributed by atoms with E-state index in [4.69, 9.17) is 16.9 Å². The van der Waals surface area contributed by atoms with E-state index in [1.54, 1.807) is 6.92 Å². The molecule has 0 rings (SSSR count). The molecule has 0 unspecified atom stereocenters. The van der Waals surface area contributed by atoms with Crippen molar-refractivity contribution in [1.29, 1.82) is 5.26 Å². The highest BCUT2D eigenvalue weighted by atomic mass is 35.5. The molecule has 66 valence electrons. The first-order chi connectivity index (χ1) is 5.45. The van der Waals surface area contributed by atoms with Crippen molar-refractivity contribution in [2.45, 2.75) is 6.92 Å². The Morgan fingerprint density at radius 2 is 1.92 bits per heavy atom. The smallest absolute Gasteiger partial charge is 0.348 e. The van der Waals surface area contributed by atoms with Crippen LogP contribution in [-0.2, 0) is 9.53 Å². The number of nitriles is 1. The Morgan fingerprint density at radius 1 is 1.58 bits per heavy atom. The Labute approximate surface area is 76.9 Å². The second kappa shape index (κ2) is 7.83. The average Bonchev–Trinajstić information content (AvgIpc) is 2.04. The first-order valence-electron chi connectivity index (χ1n) is 2.94. The lowest BCUT2D eigenvalue weighted by atomic mass is 10.4. The Bertz CT molecular complexity index is 228. The maximum atomic E-state index is 10.1. The summed E-state index contributed by atoms with van der Waals surface area (Å²) in [5.41, 5.74) is 0.560. The molecule has 0 radical (unpaired) electrons. The van der Waals surface area contributed by atoms with Crippen molar-refractivity contribution in [3.63, 3.8) is 0 Å². The quantitative estimate of drug-likeness (QED) is 0.358. The van der Waals surface area contributed by atoms with E-state index < -0.39 is 5.97 Å². The van der Waals surface area contributed by atoms with Gasteiger partial charge in [-0.2, -0.15) is 5.26 Å². The van der Waals surface area contributed by atoms with Gasteiger partial charge in [-0.3, -0.25) is 0 Å². The summed E-state index contributed by atoms with van der Waals surface area (Å²) in [5.74, 6) is -0.582. The van der Waals surface area contributed by atoms with Crippen LogP contribution >= 0.6 is 11.6 Å². The van der Waals surface area contributed by atoms with Gasteiger partial charge in [-0.25, -0.2) is 4.79 Å². The second-order valence-electron chi connectivity index (χ2n) is 1.79. The molecule has 0 aliphatic heterocycles. The monoisotopic (exact) mass is 187 g/mol. The first kappa shape index (κ1) is 13.3. The van der Waals surface area contributed by atoms with Crippen LogP contribution in [0.15, 0.2) is 23.8 Å². The SMILES string of the molecule is C=C(C)C#N.C=C(Cl)C(=O)OC. The van der Waals surface area contributed by atoms with Crippen molar-refractivity contribution in [2.24, 2.45) is 0 Å². The van der Waals surface area contributed by atoms with Gasteiger partial charge in [0.15, 0.2) is 0 Å². The maximum absolute atomic E-state index is 10.1. The van der Waals surface area contributed by atoms with Gasteiger partial charge < -0.3 is 4.74 Å². The molecule has 0 aliphatic carbocycles. The van der Waals surface area contributed by atoms with E-state index in [9.17, 15) is 4.79 Å². The van der Waals surface area contributed by atoms with Gasteiger partial charge in [0.2, 0.25) is 0 Å². The Balaban J connectivity index is 0. The molecule has 0 amide bonds. The van der Waals surface area contributed by atoms with Gasteiger partial charge in [0, 0.05) is 5.57 Å². The molecule has 0 aromatic rings. The first-order valence-corrected chi connectivity index (χ1v) is 3.31. The summed E-state index contributed by atoms with van der Waals surface area (Å²) in [6.45, 7) is 8.10. The zero-order chi connectivity index (χ0) is 10.1. The van der Waals surface area contributed by atoms with Crippen molar-refractivity contribution in [2.75, 3.05) is 7.11 Å². The molecular weight excluding hydrogens is 178 g/mol. The second-order valence-corrected chi connectivity index (χ2v) is 2.24. The number of hydrogen-bond donors (Lipinski definition) is 0. The van der Waals surface area contributed by atoms with Crippen molar-refractivity contribution in [3.8, 4) is 6.07 Å². The zero-order valence-electron chi connectivity index (χ0n) is 7.06. The number of esters is 1. The van der Waals surface area contributed by atoms with E-state index >= 15 is 0 Å².